The quantitative estimate of drug-likeness (QED) is 0.636. The lowest BCUT2D eigenvalue weighted by molar-refractivity contribution is 0.0637. The van der Waals surface area contributed by atoms with E-state index >= 15 is 0 Å². The molecule has 6 heteroatoms. The number of carbonyl (C=O) groups is 1. The molecule has 1 aromatic carbocycles. The third-order valence-corrected chi connectivity index (χ3v) is 7.97. The smallest absolute Gasteiger partial charge is 0.271 e. The Morgan fingerprint density at radius 3 is 2.58 bits per heavy atom. The van der Waals surface area contributed by atoms with Crippen LogP contribution in [0.5, 0.6) is 5.75 Å². The van der Waals surface area contributed by atoms with Crippen LogP contribution in [0.15, 0.2) is 24.3 Å². The number of phenolic OH excluding ortho intramolecular Hbond substituents is 1. The van der Waals surface area contributed by atoms with Crippen molar-refractivity contribution in [3.8, 4) is 5.75 Å². The maximum absolute atomic E-state index is 13.5. The molecule has 0 spiro atoms. The lowest BCUT2D eigenvalue weighted by Crippen LogP contribution is -2.53. The van der Waals surface area contributed by atoms with E-state index in [-0.39, 0.29) is 35.8 Å². The van der Waals surface area contributed by atoms with Gasteiger partial charge in [0.1, 0.15) is 11.4 Å². The molecule has 2 N–H and O–H groups in total. The Morgan fingerprint density at radius 2 is 1.97 bits per heavy atom. The zero-order valence-corrected chi connectivity index (χ0v) is 21.8. The van der Waals surface area contributed by atoms with Crippen molar-refractivity contribution in [2.75, 3.05) is 19.6 Å². The average molecular weight is 474 g/mol. The van der Waals surface area contributed by atoms with Crippen molar-refractivity contribution in [2.45, 2.75) is 78.3 Å². The first-order chi connectivity index (χ1) is 15.2. The van der Waals surface area contributed by atoms with Crippen LogP contribution >= 0.6 is 12.4 Å². The van der Waals surface area contributed by atoms with Crippen LogP contribution in [0.25, 0.3) is 0 Å². The van der Waals surface area contributed by atoms with Crippen LogP contribution in [0.3, 0.4) is 0 Å². The molecule has 5 nitrogen and oxygen atoms in total. The summed E-state index contributed by atoms with van der Waals surface area (Å²) >= 11 is 0. The van der Waals surface area contributed by atoms with Crippen molar-refractivity contribution < 1.29 is 9.90 Å². The molecule has 1 fully saturated rings. The van der Waals surface area contributed by atoms with Gasteiger partial charge in [-0.1, -0.05) is 19.1 Å². The molecule has 1 amide bonds. The molecule has 2 aromatic rings. The minimum atomic E-state index is -0.00912. The second-order valence-electron chi connectivity index (χ2n) is 10.4. The Hall–Kier alpha value is -1.98. The highest BCUT2D eigenvalue weighted by molar-refractivity contribution is 5.95. The lowest BCUT2D eigenvalue weighted by atomic mass is 9.58. The maximum Gasteiger partial charge on any atom is 0.271 e. The third kappa shape index (κ3) is 4.42. The molecular formula is C27H40ClN3O2. The normalized spacial score (nSPS) is 22.6. The van der Waals surface area contributed by atoms with E-state index in [0.29, 0.717) is 11.7 Å². The summed E-state index contributed by atoms with van der Waals surface area (Å²) in [5.74, 6) is 0.906. The van der Waals surface area contributed by atoms with Gasteiger partial charge >= 0.3 is 0 Å². The summed E-state index contributed by atoms with van der Waals surface area (Å²) in [7, 11) is 0. The highest BCUT2D eigenvalue weighted by Gasteiger charge is 2.48. The van der Waals surface area contributed by atoms with Crippen molar-refractivity contribution >= 4 is 18.3 Å². The van der Waals surface area contributed by atoms with E-state index in [9.17, 15) is 9.90 Å². The van der Waals surface area contributed by atoms with Gasteiger partial charge in [0.25, 0.3) is 5.91 Å². The second kappa shape index (κ2) is 9.71. The molecule has 1 aliphatic carbocycles. The number of nitrogens with one attached hydrogen (secondary N) is 1. The number of nitrogens with zero attached hydrogens (tertiary/aromatic N) is 2. The van der Waals surface area contributed by atoms with Gasteiger partial charge in [0.2, 0.25) is 0 Å². The Labute approximate surface area is 205 Å². The number of rotatable bonds is 5. The fraction of sp³-hybridized carbons (Fsp3) is 0.593. The minimum absolute atomic E-state index is 0. The molecule has 2 aliphatic rings. The standard InChI is InChI=1S/C27H39N3O2.ClH/c1-7-29-12-11-27(20-9-8-10-22(31)13-20)15-24-23(14-21(27)16-29)19(6)25(28-24)26(32)30(17(2)3)18(4)5;/h8-10,13,17-18,21,28,31H,7,11-12,14-16H2,1-6H3;1H/t21-,27+;/m0./s1. The number of benzene rings is 1. The topological polar surface area (TPSA) is 59.6 Å². The van der Waals surface area contributed by atoms with Crippen LogP contribution < -0.4 is 0 Å². The van der Waals surface area contributed by atoms with Crippen LogP contribution in [-0.2, 0) is 18.3 Å². The number of H-pyrrole nitrogens is 1. The number of carbonyl (C=O) groups excluding carboxylic acids is 1. The number of aromatic amines is 1. The van der Waals surface area contributed by atoms with Crippen LogP contribution in [0.4, 0.5) is 0 Å². The number of aromatic hydroxyl groups is 1. The molecule has 182 valence electrons. The van der Waals surface area contributed by atoms with Gasteiger partial charge in [-0.2, -0.15) is 0 Å². The zero-order valence-electron chi connectivity index (χ0n) is 20.9. The molecule has 0 saturated carbocycles. The molecule has 2 atom stereocenters. The van der Waals surface area contributed by atoms with E-state index in [1.165, 1.54) is 16.8 Å². The molecule has 1 aromatic heterocycles. The minimum Gasteiger partial charge on any atom is -0.508 e. The van der Waals surface area contributed by atoms with Crippen molar-refractivity contribution in [1.29, 1.82) is 0 Å². The van der Waals surface area contributed by atoms with E-state index in [0.717, 1.165) is 50.2 Å². The monoisotopic (exact) mass is 473 g/mol. The van der Waals surface area contributed by atoms with E-state index in [2.05, 4.69) is 57.5 Å². The summed E-state index contributed by atoms with van der Waals surface area (Å²) in [4.78, 5) is 21.6. The number of likely N-dealkylation sites (tertiary alicyclic amines) is 1. The highest BCUT2D eigenvalue weighted by atomic mass is 35.5. The Bertz CT molecular complexity index is 991. The summed E-state index contributed by atoms with van der Waals surface area (Å²) < 4.78 is 0. The molecule has 0 bridgehead atoms. The molecule has 2 heterocycles. The Morgan fingerprint density at radius 1 is 1.27 bits per heavy atom. The van der Waals surface area contributed by atoms with E-state index in [1.54, 1.807) is 6.07 Å². The van der Waals surface area contributed by atoms with Crippen LogP contribution in [0.2, 0.25) is 0 Å². The molecule has 4 rings (SSSR count). The summed E-state index contributed by atoms with van der Waals surface area (Å²) in [5.41, 5.74) is 5.64. The predicted octanol–water partition coefficient (Wildman–Crippen LogP) is 5.09. The van der Waals surface area contributed by atoms with E-state index in [4.69, 9.17) is 0 Å². The lowest BCUT2D eigenvalue weighted by Gasteiger charge is -2.51. The van der Waals surface area contributed by atoms with Gasteiger partial charge in [-0.15, -0.1) is 12.4 Å². The number of amides is 1. The number of fused-ring (bicyclic) bond motifs is 2. The zero-order chi connectivity index (χ0) is 23.2. The fourth-order valence-electron chi connectivity index (χ4n) is 6.31. The number of phenols is 1. The molecule has 0 radical (unpaired) electrons. The molecule has 1 aliphatic heterocycles. The first-order valence-electron chi connectivity index (χ1n) is 12.2. The van der Waals surface area contributed by atoms with Crippen molar-refractivity contribution in [2.24, 2.45) is 5.92 Å². The predicted molar refractivity (Wildman–Crippen MR) is 137 cm³/mol. The summed E-state index contributed by atoms with van der Waals surface area (Å²) in [6.07, 6.45) is 2.94. The molecule has 0 unspecified atom stereocenters. The second-order valence-corrected chi connectivity index (χ2v) is 10.4. The van der Waals surface area contributed by atoms with Crippen molar-refractivity contribution in [3.05, 3.63) is 52.3 Å². The Kier molecular flexibility index (Phi) is 7.55. The van der Waals surface area contributed by atoms with Gasteiger partial charge in [-0.3, -0.25) is 4.79 Å². The van der Waals surface area contributed by atoms with Gasteiger partial charge in [-0.25, -0.2) is 0 Å². The van der Waals surface area contributed by atoms with Crippen LogP contribution in [0, 0.1) is 12.8 Å². The number of hydrogen-bond donors (Lipinski definition) is 2. The number of hydrogen-bond acceptors (Lipinski definition) is 3. The summed E-state index contributed by atoms with van der Waals surface area (Å²) in [5, 5.41) is 10.2. The number of aromatic nitrogens is 1. The van der Waals surface area contributed by atoms with E-state index in [1.807, 2.05) is 17.0 Å². The van der Waals surface area contributed by atoms with E-state index < -0.39 is 0 Å². The Balaban J connectivity index is 0.00000306. The van der Waals surface area contributed by atoms with Crippen LogP contribution in [-0.4, -0.2) is 57.5 Å². The average Bonchev–Trinajstić information content (AvgIpc) is 3.06. The third-order valence-electron chi connectivity index (χ3n) is 7.97. The number of halogens is 1. The van der Waals surface area contributed by atoms with Crippen LogP contribution in [0.1, 0.15) is 73.9 Å². The first-order valence-corrected chi connectivity index (χ1v) is 12.2. The number of piperidine rings is 1. The van der Waals surface area contributed by atoms with Gasteiger partial charge in [0.05, 0.1) is 0 Å². The molecule has 1 saturated heterocycles. The fourth-order valence-corrected chi connectivity index (χ4v) is 6.31. The van der Waals surface area contributed by atoms with Crippen molar-refractivity contribution in [3.63, 3.8) is 0 Å². The largest absolute Gasteiger partial charge is 0.508 e. The summed E-state index contributed by atoms with van der Waals surface area (Å²) in [6, 6.07) is 8.17. The van der Waals surface area contributed by atoms with Gasteiger partial charge in [0, 0.05) is 29.7 Å². The maximum atomic E-state index is 13.5. The van der Waals surface area contributed by atoms with Gasteiger partial charge < -0.3 is 19.9 Å². The first kappa shape index (κ1) is 25.6. The summed E-state index contributed by atoms with van der Waals surface area (Å²) in [6.45, 7) is 15.9. The van der Waals surface area contributed by atoms with Crippen molar-refractivity contribution in [1.82, 2.24) is 14.8 Å². The highest BCUT2D eigenvalue weighted by Crippen LogP contribution is 2.49. The molecule has 33 heavy (non-hydrogen) atoms. The molecular weight excluding hydrogens is 434 g/mol. The van der Waals surface area contributed by atoms with Gasteiger partial charge in [0.15, 0.2) is 0 Å². The van der Waals surface area contributed by atoms with Gasteiger partial charge in [-0.05, 0) is 102 Å². The SMILES string of the molecule is CCN1CC[C@]2(c3cccc(O)c3)Cc3[nH]c(C(=O)N(C(C)C)C(C)C)c(C)c3C[C@H]2C1.Cl.